The van der Waals surface area contributed by atoms with Crippen molar-refractivity contribution in [3.63, 3.8) is 0 Å². The van der Waals surface area contributed by atoms with Crippen molar-refractivity contribution in [1.29, 1.82) is 0 Å². The van der Waals surface area contributed by atoms with Gasteiger partial charge >= 0.3 is 0 Å². The minimum Gasteiger partial charge on any atom is -0.493 e. The lowest BCUT2D eigenvalue weighted by Crippen LogP contribution is -2.50. The Hall–Kier alpha value is -3.55. The molecule has 0 aliphatic carbocycles. The van der Waals surface area contributed by atoms with Crippen LogP contribution < -0.4 is 15.2 Å². The highest BCUT2D eigenvalue weighted by atomic mass is 16.5. The molecular weight excluding hydrogens is 410 g/mol. The van der Waals surface area contributed by atoms with E-state index in [0.29, 0.717) is 49.7 Å². The van der Waals surface area contributed by atoms with Crippen molar-refractivity contribution < 1.29 is 23.9 Å². The Labute approximate surface area is 187 Å². The van der Waals surface area contributed by atoms with Crippen molar-refractivity contribution in [3.05, 3.63) is 59.7 Å². The first kappa shape index (κ1) is 23.1. The van der Waals surface area contributed by atoms with E-state index in [9.17, 15) is 14.4 Å². The quantitative estimate of drug-likeness (QED) is 0.643. The molecule has 0 atom stereocenters. The van der Waals surface area contributed by atoms with Gasteiger partial charge in [-0.3, -0.25) is 14.4 Å². The lowest BCUT2D eigenvalue weighted by Gasteiger charge is -2.35. The van der Waals surface area contributed by atoms with E-state index in [1.54, 1.807) is 23.1 Å². The number of methoxy groups -OCH3 is 1. The number of ether oxygens (including phenoxy) is 2. The Bertz CT molecular complexity index is 940. The number of amides is 3. The largest absolute Gasteiger partial charge is 0.493 e. The average Bonchev–Trinajstić information content (AvgIpc) is 2.82. The lowest BCUT2D eigenvalue weighted by molar-refractivity contribution is -0.132. The average molecular weight is 440 g/mol. The lowest BCUT2D eigenvalue weighted by atomic mass is 10.1. The molecule has 0 saturated carbocycles. The predicted octanol–water partition coefficient (Wildman–Crippen LogP) is 1.87. The molecule has 2 aromatic carbocycles. The SMILES string of the molecule is COc1cc(C(=O)N2CCN(C(=O)CCCc3ccccc3)CC2)ccc1OCC(N)=O. The number of nitrogens with zero attached hydrogens (tertiary/aromatic N) is 2. The molecule has 0 unspecified atom stereocenters. The molecule has 3 amide bonds. The molecule has 0 spiro atoms. The molecule has 1 saturated heterocycles. The fourth-order valence-electron chi connectivity index (χ4n) is 3.66. The summed E-state index contributed by atoms with van der Waals surface area (Å²) in [7, 11) is 1.46. The maximum absolute atomic E-state index is 12.9. The first-order chi connectivity index (χ1) is 15.5. The number of nitrogens with two attached hydrogens (primary N) is 1. The van der Waals surface area contributed by atoms with Gasteiger partial charge in [0, 0.05) is 38.2 Å². The van der Waals surface area contributed by atoms with E-state index >= 15 is 0 Å². The zero-order chi connectivity index (χ0) is 22.9. The Balaban J connectivity index is 1.49. The van der Waals surface area contributed by atoms with Crippen LogP contribution in [0.5, 0.6) is 11.5 Å². The molecule has 1 fully saturated rings. The third-order valence-electron chi connectivity index (χ3n) is 5.40. The van der Waals surface area contributed by atoms with Crippen molar-refractivity contribution in [1.82, 2.24) is 9.80 Å². The molecule has 0 aromatic heterocycles. The van der Waals surface area contributed by atoms with Crippen LogP contribution in [0.1, 0.15) is 28.8 Å². The minimum absolute atomic E-state index is 0.130. The summed E-state index contributed by atoms with van der Waals surface area (Å²) in [5.74, 6) is 0.0874. The number of hydrogen-bond acceptors (Lipinski definition) is 5. The minimum atomic E-state index is -0.598. The van der Waals surface area contributed by atoms with Crippen LogP contribution in [0, 0.1) is 0 Å². The van der Waals surface area contributed by atoms with Crippen molar-refractivity contribution in [3.8, 4) is 11.5 Å². The number of benzene rings is 2. The van der Waals surface area contributed by atoms with Gasteiger partial charge in [-0.25, -0.2) is 0 Å². The highest BCUT2D eigenvalue weighted by Crippen LogP contribution is 2.28. The predicted molar refractivity (Wildman–Crippen MR) is 120 cm³/mol. The zero-order valence-corrected chi connectivity index (χ0v) is 18.3. The van der Waals surface area contributed by atoms with E-state index < -0.39 is 5.91 Å². The van der Waals surface area contributed by atoms with Gasteiger partial charge in [-0.15, -0.1) is 0 Å². The fraction of sp³-hybridized carbons (Fsp3) is 0.375. The molecule has 2 aromatic rings. The van der Waals surface area contributed by atoms with Crippen molar-refractivity contribution in [2.75, 3.05) is 39.9 Å². The van der Waals surface area contributed by atoms with Gasteiger partial charge in [0.15, 0.2) is 18.1 Å². The summed E-state index contributed by atoms with van der Waals surface area (Å²) in [4.78, 5) is 39.9. The van der Waals surface area contributed by atoms with E-state index in [1.807, 2.05) is 23.1 Å². The number of carbonyl (C=O) groups excluding carboxylic acids is 3. The molecule has 32 heavy (non-hydrogen) atoms. The summed E-state index contributed by atoms with van der Waals surface area (Å²) in [6.07, 6.45) is 2.20. The molecular formula is C24H29N3O5. The topological polar surface area (TPSA) is 102 Å². The van der Waals surface area contributed by atoms with Crippen LogP contribution in [0.4, 0.5) is 0 Å². The number of primary amides is 1. The zero-order valence-electron chi connectivity index (χ0n) is 18.3. The molecule has 8 heteroatoms. The van der Waals surface area contributed by atoms with Crippen molar-refractivity contribution in [2.24, 2.45) is 5.73 Å². The first-order valence-electron chi connectivity index (χ1n) is 10.7. The molecule has 8 nitrogen and oxygen atoms in total. The Morgan fingerprint density at radius 2 is 1.62 bits per heavy atom. The van der Waals surface area contributed by atoms with Crippen LogP contribution in [-0.2, 0) is 16.0 Å². The summed E-state index contributed by atoms with van der Waals surface area (Å²) in [5, 5.41) is 0. The van der Waals surface area contributed by atoms with Gasteiger partial charge in [-0.2, -0.15) is 0 Å². The van der Waals surface area contributed by atoms with Crippen molar-refractivity contribution >= 4 is 17.7 Å². The van der Waals surface area contributed by atoms with Gasteiger partial charge in [-0.1, -0.05) is 30.3 Å². The van der Waals surface area contributed by atoms with Gasteiger partial charge in [0.25, 0.3) is 11.8 Å². The summed E-state index contributed by atoms with van der Waals surface area (Å²) < 4.78 is 10.6. The monoisotopic (exact) mass is 439 g/mol. The van der Waals surface area contributed by atoms with Crippen molar-refractivity contribution in [2.45, 2.75) is 19.3 Å². The smallest absolute Gasteiger partial charge is 0.255 e. The second kappa shape index (κ2) is 11.2. The second-order valence-electron chi connectivity index (χ2n) is 7.63. The molecule has 2 N–H and O–H groups in total. The maximum Gasteiger partial charge on any atom is 0.255 e. The maximum atomic E-state index is 12.9. The molecule has 170 valence electrons. The number of hydrogen-bond donors (Lipinski definition) is 1. The third kappa shape index (κ3) is 6.23. The second-order valence-corrected chi connectivity index (χ2v) is 7.63. The normalized spacial score (nSPS) is 13.5. The number of carbonyl (C=O) groups is 3. The summed E-state index contributed by atoms with van der Waals surface area (Å²) in [6.45, 7) is 1.72. The van der Waals surface area contributed by atoms with E-state index in [0.717, 1.165) is 12.8 Å². The van der Waals surface area contributed by atoms with Gasteiger partial charge < -0.3 is 25.0 Å². The number of aryl methyl sites for hydroxylation is 1. The van der Waals surface area contributed by atoms with Crippen LogP contribution in [0.2, 0.25) is 0 Å². The van der Waals surface area contributed by atoms with Gasteiger partial charge in [0.05, 0.1) is 7.11 Å². The highest BCUT2D eigenvalue weighted by Gasteiger charge is 2.25. The summed E-state index contributed by atoms with van der Waals surface area (Å²) in [5.41, 5.74) is 6.79. The Morgan fingerprint density at radius 1 is 0.938 bits per heavy atom. The Kier molecular flexibility index (Phi) is 8.08. The third-order valence-corrected chi connectivity index (χ3v) is 5.40. The van der Waals surface area contributed by atoms with Crippen LogP contribution in [0.25, 0.3) is 0 Å². The number of piperazine rings is 1. The van der Waals surface area contributed by atoms with Crippen LogP contribution in [-0.4, -0.2) is 67.4 Å². The Morgan fingerprint density at radius 3 is 2.28 bits per heavy atom. The molecule has 0 bridgehead atoms. The standard InChI is InChI=1S/C24H29N3O5/c1-31-21-16-19(10-11-20(21)32-17-22(25)28)24(30)27-14-12-26(13-15-27)23(29)9-5-8-18-6-3-2-4-7-18/h2-4,6-7,10-11,16H,5,8-9,12-15,17H2,1H3,(H2,25,28). The van der Waals surface area contributed by atoms with Gasteiger partial charge in [-0.05, 0) is 36.6 Å². The molecule has 3 rings (SSSR count). The summed E-state index contributed by atoms with van der Waals surface area (Å²) >= 11 is 0. The van der Waals surface area contributed by atoms with Crippen LogP contribution >= 0.6 is 0 Å². The van der Waals surface area contributed by atoms with E-state index in [2.05, 4.69) is 12.1 Å². The van der Waals surface area contributed by atoms with Gasteiger partial charge in [0.1, 0.15) is 0 Å². The van der Waals surface area contributed by atoms with E-state index in [4.69, 9.17) is 15.2 Å². The molecule has 1 aliphatic rings. The van der Waals surface area contributed by atoms with Crippen LogP contribution in [0.3, 0.4) is 0 Å². The summed E-state index contributed by atoms with van der Waals surface area (Å²) in [6, 6.07) is 14.9. The van der Waals surface area contributed by atoms with Gasteiger partial charge in [0.2, 0.25) is 5.91 Å². The molecule has 1 aliphatic heterocycles. The van der Waals surface area contributed by atoms with E-state index in [1.165, 1.54) is 12.7 Å². The van der Waals surface area contributed by atoms with Crippen LogP contribution in [0.15, 0.2) is 48.5 Å². The number of rotatable bonds is 9. The molecule has 0 radical (unpaired) electrons. The molecule has 1 heterocycles. The fourth-order valence-corrected chi connectivity index (χ4v) is 3.66. The van der Waals surface area contributed by atoms with E-state index in [-0.39, 0.29) is 18.4 Å². The highest BCUT2D eigenvalue weighted by molar-refractivity contribution is 5.95. The first-order valence-corrected chi connectivity index (χ1v) is 10.7.